The maximum atomic E-state index is 5.32. The molecule has 0 bridgehead atoms. The van der Waals surface area contributed by atoms with Crippen molar-refractivity contribution in [1.82, 2.24) is 10.2 Å². The van der Waals surface area contributed by atoms with Crippen LogP contribution in [0, 0.1) is 5.92 Å². The van der Waals surface area contributed by atoms with E-state index in [0.717, 1.165) is 44.7 Å². The first-order chi connectivity index (χ1) is 8.40. The molecule has 0 aromatic rings. The van der Waals surface area contributed by atoms with Crippen LogP contribution in [0.5, 0.6) is 0 Å². The molecule has 0 aromatic carbocycles. The first-order valence-corrected chi connectivity index (χ1v) is 7.42. The summed E-state index contributed by atoms with van der Waals surface area (Å²) >= 11 is 0. The molecule has 2 saturated carbocycles. The quantitative estimate of drug-likeness (QED) is 0.558. The Kier molecular flexibility index (Phi) is 5.75. The van der Waals surface area contributed by atoms with Crippen LogP contribution in [0.25, 0.3) is 0 Å². The van der Waals surface area contributed by atoms with Crippen LogP contribution in [0.15, 0.2) is 0 Å². The summed E-state index contributed by atoms with van der Waals surface area (Å²) in [7, 11) is 0. The van der Waals surface area contributed by atoms with Gasteiger partial charge in [-0.3, -0.25) is 4.90 Å². The van der Waals surface area contributed by atoms with E-state index in [2.05, 4.69) is 17.1 Å². The molecular weight excluding hydrogens is 212 g/mol. The SMILES string of the molecule is CCOCCCNCCN(CC1CC1)C1CC1. The summed E-state index contributed by atoms with van der Waals surface area (Å²) < 4.78 is 5.32. The topological polar surface area (TPSA) is 24.5 Å². The van der Waals surface area contributed by atoms with Crippen LogP contribution in [-0.4, -0.2) is 50.3 Å². The van der Waals surface area contributed by atoms with Crippen molar-refractivity contribution in [1.29, 1.82) is 0 Å². The molecular formula is C14H28N2O. The van der Waals surface area contributed by atoms with Gasteiger partial charge in [0.15, 0.2) is 0 Å². The number of nitrogens with zero attached hydrogens (tertiary/aromatic N) is 1. The lowest BCUT2D eigenvalue weighted by atomic mass is 10.3. The molecule has 0 aromatic heterocycles. The molecule has 0 heterocycles. The monoisotopic (exact) mass is 240 g/mol. The molecule has 3 nitrogen and oxygen atoms in total. The third kappa shape index (κ3) is 5.84. The van der Waals surface area contributed by atoms with Crippen LogP contribution in [0.3, 0.4) is 0 Å². The summed E-state index contributed by atoms with van der Waals surface area (Å²) in [6, 6.07) is 0.931. The Morgan fingerprint density at radius 3 is 2.65 bits per heavy atom. The number of hydrogen-bond acceptors (Lipinski definition) is 3. The van der Waals surface area contributed by atoms with E-state index in [4.69, 9.17) is 4.74 Å². The van der Waals surface area contributed by atoms with E-state index in [1.165, 1.54) is 38.8 Å². The number of rotatable bonds is 11. The van der Waals surface area contributed by atoms with E-state index < -0.39 is 0 Å². The summed E-state index contributed by atoms with van der Waals surface area (Å²) in [6.07, 6.45) is 6.98. The van der Waals surface area contributed by atoms with Crippen molar-refractivity contribution in [2.24, 2.45) is 5.92 Å². The Labute approximate surface area is 106 Å². The molecule has 0 radical (unpaired) electrons. The molecule has 0 atom stereocenters. The molecule has 2 aliphatic rings. The molecule has 17 heavy (non-hydrogen) atoms. The predicted molar refractivity (Wildman–Crippen MR) is 71.3 cm³/mol. The molecule has 0 spiro atoms. The minimum absolute atomic E-state index is 0.844. The van der Waals surface area contributed by atoms with Crippen molar-refractivity contribution in [2.75, 3.05) is 39.4 Å². The number of hydrogen-bond donors (Lipinski definition) is 1. The summed E-state index contributed by atoms with van der Waals surface area (Å²) in [4.78, 5) is 2.72. The summed E-state index contributed by atoms with van der Waals surface area (Å²) in [5, 5.41) is 3.53. The molecule has 2 fully saturated rings. The summed E-state index contributed by atoms with van der Waals surface area (Å²) in [5.41, 5.74) is 0. The Balaban J connectivity index is 1.44. The Morgan fingerprint density at radius 1 is 1.18 bits per heavy atom. The minimum Gasteiger partial charge on any atom is -0.382 e. The van der Waals surface area contributed by atoms with Crippen LogP contribution in [0.1, 0.15) is 39.0 Å². The lowest BCUT2D eigenvalue weighted by Crippen LogP contribution is -2.35. The standard InChI is InChI=1S/C14H28N2O/c1-2-17-11-3-8-15-9-10-16(14-6-7-14)12-13-4-5-13/h13-15H,2-12H2,1H3. The minimum atomic E-state index is 0.844. The molecule has 2 rings (SSSR count). The Hall–Kier alpha value is -0.120. The van der Waals surface area contributed by atoms with Crippen LogP contribution >= 0.6 is 0 Å². The largest absolute Gasteiger partial charge is 0.382 e. The van der Waals surface area contributed by atoms with Gasteiger partial charge in [0.25, 0.3) is 0 Å². The third-order valence-electron chi connectivity index (χ3n) is 3.68. The van der Waals surface area contributed by atoms with Gasteiger partial charge in [0.05, 0.1) is 0 Å². The van der Waals surface area contributed by atoms with Gasteiger partial charge < -0.3 is 10.1 Å². The second kappa shape index (κ2) is 7.34. The van der Waals surface area contributed by atoms with Gasteiger partial charge >= 0.3 is 0 Å². The first kappa shape index (κ1) is 13.3. The molecule has 1 N–H and O–H groups in total. The van der Waals surface area contributed by atoms with Gasteiger partial charge in [-0.1, -0.05) is 0 Å². The van der Waals surface area contributed by atoms with E-state index in [-0.39, 0.29) is 0 Å². The third-order valence-corrected chi connectivity index (χ3v) is 3.68. The van der Waals surface area contributed by atoms with E-state index in [1.54, 1.807) is 0 Å². The average Bonchev–Trinajstić information content (AvgIpc) is 3.17. The molecule has 100 valence electrons. The smallest absolute Gasteiger partial charge is 0.0477 e. The average molecular weight is 240 g/mol. The van der Waals surface area contributed by atoms with Crippen LogP contribution < -0.4 is 5.32 Å². The highest BCUT2D eigenvalue weighted by Gasteiger charge is 2.32. The van der Waals surface area contributed by atoms with Crippen molar-refractivity contribution in [3.63, 3.8) is 0 Å². The maximum Gasteiger partial charge on any atom is 0.0477 e. The second-order valence-electron chi connectivity index (χ2n) is 5.47. The van der Waals surface area contributed by atoms with Crippen molar-refractivity contribution in [3.05, 3.63) is 0 Å². The highest BCUT2D eigenvalue weighted by Crippen LogP contribution is 2.34. The van der Waals surface area contributed by atoms with Crippen molar-refractivity contribution < 1.29 is 4.74 Å². The van der Waals surface area contributed by atoms with Gasteiger partial charge in [-0.2, -0.15) is 0 Å². The van der Waals surface area contributed by atoms with Gasteiger partial charge in [-0.05, 0) is 51.5 Å². The molecule has 0 unspecified atom stereocenters. The van der Waals surface area contributed by atoms with E-state index in [1.807, 2.05) is 0 Å². The van der Waals surface area contributed by atoms with Gasteiger partial charge in [0.2, 0.25) is 0 Å². The fourth-order valence-corrected chi connectivity index (χ4v) is 2.29. The van der Waals surface area contributed by atoms with Gasteiger partial charge in [-0.15, -0.1) is 0 Å². The summed E-state index contributed by atoms with van der Waals surface area (Å²) in [6.45, 7) is 8.66. The Morgan fingerprint density at radius 2 is 2.00 bits per heavy atom. The zero-order valence-electron chi connectivity index (χ0n) is 11.3. The van der Waals surface area contributed by atoms with Crippen molar-refractivity contribution in [3.8, 4) is 0 Å². The summed E-state index contributed by atoms with van der Waals surface area (Å²) in [5.74, 6) is 1.04. The highest BCUT2D eigenvalue weighted by molar-refractivity contribution is 4.88. The maximum absolute atomic E-state index is 5.32. The van der Waals surface area contributed by atoms with Gasteiger partial charge in [0, 0.05) is 38.9 Å². The fraction of sp³-hybridized carbons (Fsp3) is 1.00. The normalized spacial score (nSPS) is 20.1. The lowest BCUT2D eigenvalue weighted by molar-refractivity contribution is 0.144. The predicted octanol–water partition coefficient (Wildman–Crippen LogP) is 1.88. The van der Waals surface area contributed by atoms with Gasteiger partial charge in [-0.25, -0.2) is 0 Å². The fourth-order valence-electron chi connectivity index (χ4n) is 2.29. The van der Waals surface area contributed by atoms with E-state index in [0.29, 0.717) is 0 Å². The molecule has 0 amide bonds. The van der Waals surface area contributed by atoms with Crippen LogP contribution in [0.4, 0.5) is 0 Å². The Bertz CT molecular complexity index is 202. The molecule has 0 saturated heterocycles. The highest BCUT2D eigenvalue weighted by atomic mass is 16.5. The second-order valence-corrected chi connectivity index (χ2v) is 5.47. The van der Waals surface area contributed by atoms with Crippen LogP contribution in [-0.2, 0) is 4.74 Å². The number of ether oxygens (including phenoxy) is 1. The van der Waals surface area contributed by atoms with Crippen LogP contribution in [0.2, 0.25) is 0 Å². The zero-order valence-corrected chi connectivity index (χ0v) is 11.3. The number of nitrogens with one attached hydrogen (secondary N) is 1. The van der Waals surface area contributed by atoms with Crippen molar-refractivity contribution >= 4 is 0 Å². The lowest BCUT2D eigenvalue weighted by Gasteiger charge is -2.21. The van der Waals surface area contributed by atoms with Gasteiger partial charge in [0.1, 0.15) is 0 Å². The molecule has 3 heteroatoms. The molecule has 0 aliphatic heterocycles. The molecule has 2 aliphatic carbocycles. The first-order valence-electron chi connectivity index (χ1n) is 7.42. The zero-order chi connectivity index (χ0) is 11.9. The van der Waals surface area contributed by atoms with E-state index in [9.17, 15) is 0 Å². The van der Waals surface area contributed by atoms with Crippen molar-refractivity contribution in [2.45, 2.75) is 45.1 Å². The van der Waals surface area contributed by atoms with E-state index >= 15 is 0 Å².